The van der Waals surface area contributed by atoms with E-state index in [-0.39, 0.29) is 5.54 Å². The molecule has 1 amide bonds. The quantitative estimate of drug-likeness (QED) is 0.745. The molecule has 2 saturated carbocycles. The van der Waals surface area contributed by atoms with Crippen molar-refractivity contribution < 1.29 is 4.79 Å². The topological polar surface area (TPSA) is 32.3 Å². The standard InChI is InChI=1S/C12H20N2O/c1-4-9-13-12(5-6-12)10(15)14(9)8-7-11(8,2)3/h8-9,13H,4-7H2,1-3H3. The Morgan fingerprint density at radius 1 is 1.47 bits per heavy atom. The van der Waals surface area contributed by atoms with Gasteiger partial charge in [-0.05, 0) is 31.1 Å². The van der Waals surface area contributed by atoms with Crippen molar-refractivity contribution in [1.82, 2.24) is 10.2 Å². The fourth-order valence-electron chi connectivity index (χ4n) is 2.89. The van der Waals surface area contributed by atoms with Crippen molar-refractivity contribution in [2.45, 2.75) is 64.2 Å². The van der Waals surface area contributed by atoms with Crippen LogP contribution in [0.15, 0.2) is 0 Å². The summed E-state index contributed by atoms with van der Waals surface area (Å²) in [4.78, 5) is 14.4. The lowest BCUT2D eigenvalue weighted by Crippen LogP contribution is -2.40. The molecule has 1 N–H and O–H groups in total. The molecule has 3 aliphatic rings. The van der Waals surface area contributed by atoms with Gasteiger partial charge in [0.25, 0.3) is 0 Å². The predicted octanol–water partition coefficient (Wildman–Crippen LogP) is 1.49. The predicted molar refractivity (Wildman–Crippen MR) is 58.2 cm³/mol. The van der Waals surface area contributed by atoms with Crippen LogP contribution >= 0.6 is 0 Å². The SMILES string of the molecule is CCC1NC2(CC2)C(=O)N1C1CC1(C)C. The largest absolute Gasteiger partial charge is 0.322 e. The zero-order valence-corrected chi connectivity index (χ0v) is 9.84. The normalized spacial score (nSPS) is 39.9. The van der Waals surface area contributed by atoms with Crippen LogP contribution in [0.1, 0.15) is 46.5 Å². The molecule has 15 heavy (non-hydrogen) atoms. The Bertz CT molecular complexity index is 320. The summed E-state index contributed by atoms with van der Waals surface area (Å²) in [5.41, 5.74) is 0.227. The molecule has 3 nitrogen and oxygen atoms in total. The molecular weight excluding hydrogens is 188 g/mol. The first-order chi connectivity index (χ1) is 7.00. The molecule has 0 bridgehead atoms. The maximum atomic E-state index is 12.3. The van der Waals surface area contributed by atoms with E-state index in [1.807, 2.05) is 0 Å². The minimum absolute atomic E-state index is 0.126. The van der Waals surface area contributed by atoms with E-state index < -0.39 is 0 Å². The molecule has 0 aromatic heterocycles. The van der Waals surface area contributed by atoms with Crippen molar-refractivity contribution >= 4 is 5.91 Å². The lowest BCUT2D eigenvalue weighted by atomic mass is 10.1. The van der Waals surface area contributed by atoms with Gasteiger partial charge in [-0.15, -0.1) is 0 Å². The summed E-state index contributed by atoms with van der Waals surface area (Å²) in [6.07, 6.45) is 4.59. The van der Waals surface area contributed by atoms with Gasteiger partial charge in [0.05, 0.1) is 11.7 Å². The molecule has 0 radical (unpaired) electrons. The molecule has 1 saturated heterocycles. The van der Waals surface area contributed by atoms with Crippen molar-refractivity contribution in [1.29, 1.82) is 0 Å². The number of amides is 1. The van der Waals surface area contributed by atoms with Crippen LogP contribution in [0.25, 0.3) is 0 Å². The number of hydrogen-bond donors (Lipinski definition) is 1. The van der Waals surface area contributed by atoms with Gasteiger partial charge in [-0.3, -0.25) is 10.1 Å². The fourth-order valence-corrected chi connectivity index (χ4v) is 2.89. The zero-order chi connectivity index (χ0) is 10.8. The highest BCUT2D eigenvalue weighted by Gasteiger charge is 2.64. The first-order valence-electron chi connectivity index (χ1n) is 6.11. The smallest absolute Gasteiger partial charge is 0.244 e. The maximum Gasteiger partial charge on any atom is 0.244 e. The molecule has 3 rings (SSSR count). The van der Waals surface area contributed by atoms with Crippen LogP contribution in [0.4, 0.5) is 0 Å². The van der Waals surface area contributed by atoms with E-state index in [2.05, 4.69) is 31.0 Å². The summed E-state index contributed by atoms with van der Waals surface area (Å²) in [6.45, 7) is 6.68. The molecule has 0 aromatic rings. The number of hydrogen-bond acceptors (Lipinski definition) is 2. The summed E-state index contributed by atoms with van der Waals surface area (Å²) >= 11 is 0. The van der Waals surface area contributed by atoms with Crippen LogP contribution < -0.4 is 5.32 Å². The Kier molecular flexibility index (Phi) is 1.65. The van der Waals surface area contributed by atoms with Crippen molar-refractivity contribution in [3.05, 3.63) is 0 Å². The van der Waals surface area contributed by atoms with Crippen molar-refractivity contribution in [2.24, 2.45) is 5.41 Å². The first-order valence-corrected chi connectivity index (χ1v) is 6.11. The van der Waals surface area contributed by atoms with E-state index >= 15 is 0 Å². The molecule has 1 aliphatic heterocycles. The van der Waals surface area contributed by atoms with Gasteiger partial charge < -0.3 is 4.90 Å². The van der Waals surface area contributed by atoms with Gasteiger partial charge in [0.15, 0.2) is 0 Å². The van der Waals surface area contributed by atoms with E-state index in [1.165, 1.54) is 6.42 Å². The molecule has 2 unspecified atom stereocenters. The van der Waals surface area contributed by atoms with E-state index in [0.29, 0.717) is 23.5 Å². The fraction of sp³-hybridized carbons (Fsp3) is 0.917. The van der Waals surface area contributed by atoms with Gasteiger partial charge in [-0.25, -0.2) is 0 Å². The van der Waals surface area contributed by atoms with Gasteiger partial charge in [0.1, 0.15) is 0 Å². The summed E-state index contributed by atoms with van der Waals surface area (Å²) < 4.78 is 0. The average Bonchev–Trinajstić information content (AvgIpc) is 3.02. The Labute approximate surface area is 91.2 Å². The van der Waals surface area contributed by atoms with Crippen molar-refractivity contribution in [2.75, 3.05) is 0 Å². The summed E-state index contributed by atoms with van der Waals surface area (Å²) in [6, 6.07) is 0.488. The van der Waals surface area contributed by atoms with Gasteiger partial charge in [-0.1, -0.05) is 20.8 Å². The molecule has 2 aliphatic carbocycles. The summed E-state index contributed by atoms with van der Waals surface area (Å²) in [5.74, 6) is 0.380. The minimum Gasteiger partial charge on any atom is -0.322 e. The second-order valence-electron chi connectivity index (χ2n) is 6.07. The third kappa shape index (κ3) is 1.19. The number of rotatable bonds is 2. The Balaban J connectivity index is 1.84. The van der Waals surface area contributed by atoms with Crippen molar-refractivity contribution in [3.63, 3.8) is 0 Å². The monoisotopic (exact) mass is 208 g/mol. The third-order valence-electron chi connectivity index (χ3n) is 4.36. The van der Waals surface area contributed by atoms with E-state index in [4.69, 9.17) is 0 Å². The van der Waals surface area contributed by atoms with Gasteiger partial charge in [0.2, 0.25) is 5.91 Å². The number of nitrogens with zero attached hydrogens (tertiary/aromatic N) is 1. The minimum atomic E-state index is -0.126. The highest BCUT2D eigenvalue weighted by molar-refractivity contribution is 5.92. The maximum absolute atomic E-state index is 12.3. The molecule has 3 heteroatoms. The van der Waals surface area contributed by atoms with Crippen molar-refractivity contribution in [3.8, 4) is 0 Å². The average molecular weight is 208 g/mol. The molecule has 0 aromatic carbocycles. The zero-order valence-electron chi connectivity index (χ0n) is 9.84. The first kappa shape index (κ1) is 9.64. The van der Waals surface area contributed by atoms with Crippen LogP contribution in [0.5, 0.6) is 0 Å². The molecular formula is C12H20N2O. The van der Waals surface area contributed by atoms with Crippen LogP contribution in [0.3, 0.4) is 0 Å². The van der Waals surface area contributed by atoms with E-state index in [9.17, 15) is 4.79 Å². The summed E-state index contributed by atoms with van der Waals surface area (Å²) in [7, 11) is 0. The lowest BCUT2D eigenvalue weighted by Gasteiger charge is -2.24. The third-order valence-corrected chi connectivity index (χ3v) is 4.36. The highest BCUT2D eigenvalue weighted by Crippen LogP contribution is 2.53. The molecule has 3 fully saturated rings. The number of carbonyl (C=O) groups is 1. The second-order valence-corrected chi connectivity index (χ2v) is 6.07. The molecule has 1 heterocycles. The highest BCUT2D eigenvalue weighted by atomic mass is 16.2. The van der Waals surface area contributed by atoms with E-state index in [1.54, 1.807) is 0 Å². The molecule has 1 spiro atoms. The second kappa shape index (κ2) is 2.57. The van der Waals surface area contributed by atoms with Crippen LogP contribution in [0, 0.1) is 5.41 Å². The Hall–Kier alpha value is -0.570. The van der Waals surface area contributed by atoms with Crippen LogP contribution in [-0.4, -0.2) is 28.6 Å². The molecule has 84 valence electrons. The van der Waals surface area contributed by atoms with Crippen LogP contribution in [-0.2, 0) is 4.79 Å². The Morgan fingerprint density at radius 3 is 2.47 bits per heavy atom. The number of nitrogens with one attached hydrogen (secondary N) is 1. The lowest BCUT2D eigenvalue weighted by molar-refractivity contribution is -0.131. The van der Waals surface area contributed by atoms with Gasteiger partial charge >= 0.3 is 0 Å². The van der Waals surface area contributed by atoms with Gasteiger partial charge in [-0.2, -0.15) is 0 Å². The van der Waals surface area contributed by atoms with Crippen LogP contribution in [0.2, 0.25) is 0 Å². The number of carbonyl (C=O) groups excluding carboxylic acids is 1. The Morgan fingerprint density at radius 2 is 2.07 bits per heavy atom. The molecule has 2 atom stereocenters. The summed E-state index contributed by atoms with van der Waals surface area (Å²) in [5, 5.41) is 3.53. The van der Waals surface area contributed by atoms with E-state index in [0.717, 1.165) is 19.3 Å². The van der Waals surface area contributed by atoms with Gasteiger partial charge in [0, 0.05) is 6.04 Å².